The lowest BCUT2D eigenvalue weighted by Gasteiger charge is -2.40. The van der Waals surface area contributed by atoms with Gasteiger partial charge in [-0.1, -0.05) is 18.2 Å². The molecule has 4 nitrogen and oxygen atoms in total. The van der Waals surface area contributed by atoms with Crippen LogP contribution in [0.4, 0.5) is 17.6 Å². The number of hydrogen-bond donors (Lipinski definition) is 2. The van der Waals surface area contributed by atoms with Crippen LogP contribution in [0.3, 0.4) is 0 Å². The van der Waals surface area contributed by atoms with E-state index in [0.29, 0.717) is 43.9 Å². The van der Waals surface area contributed by atoms with Crippen LogP contribution in [0.15, 0.2) is 30.3 Å². The van der Waals surface area contributed by atoms with E-state index in [1.54, 1.807) is 0 Å². The minimum absolute atomic E-state index is 0.0615. The van der Waals surface area contributed by atoms with Crippen molar-refractivity contribution in [1.82, 2.24) is 4.90 Å². The van der Waals surface area contributed by atoms with E-state index < -0.39 is 17.6 Å². The van der Waals surface area contributed by atoms with Gasteiger partial charge in [-0.2, -0.15) is 13.2 Å². The zero-order chi connectivity index (χ0) is 23.0. The van der Waals surface area contributed by atoms with Gasteiger partial charge in [-0.25, -0.2) is 4.39 Å². The lowest BCUT2D eigenvalue weighted by Crippen LogP contribution is -2.42. The van der Waals surface area contributed by atoms with Crippen LogP contribution in [-0.2, 0) is 23.9 Å². The van der Waals surface area contributed by atoms with Crippen LogP contribution in [-0.4, -0.2) is 35.7 Å². The summed E-state index contributed by atoms with van der Waals surface area (Å²) in [4.78, 5) is 2.09. The Hall–Kier alpha value is -2.16. The quantitative estimate of drug-likeness (QED) is 0.660. The minimum Gasteiger partial charge on any atom is -0.507 e. The van der Waals surface area contributed by atoms with E-state index in [0.717, 1.165) is 41.7 Å². The number of nitrogens with zero attached hydrogens (tertiary/aromatic N) is 1. The SMILES string of the molecule is Cc1ccc2c(c1O)C[C@@H](C1CCN(Cc3ccc(F)c(C(F)(F)F)c3)CC1)O[C@H]2CN. The summed E-state index contributed by atoms with van der Waals surface area (Å²) in [6, 6.07) is 7.05. The third kappa shape index (κ3) is 4.63. The number of hydrogen-bond acceptors (Lipinski definition) is 4. The van der Waals surface area contributed by atoms with Crippen LogP contribution in [0.1, 0.15) is 46.8 Å². The Morgan fingerprint density at radius 2 is 1.88 bits per heavy atom. The predicted molar refractivity (Wildman–Crippen MR) is 113 cm³/mol. The highest BCUT2D eigenvalue weighted by Crippen LogP contribution is 2.40. The molecule has 0 aliphatic carbocycles. The molecule has 2 aromatic rings. The number of aromatic hydroxyl groups is 1. The highest BCUT2D eigenvalue weighted by Gasteiger charge is 2.36. The van der Waals surface area contributed by atoms with Gasteiger partial charge in [-0.15, -0.1) is 0 Å². The van der Waals surface area contributed by atoms with Crippen molar-refractivity contribution in [3.63, 3.8) is 0 Å². The van der Waals surface area contributed by atoms with Crippen molar-refractivity contribution in [2.45, 2.75) is 51.1 Å². The molecule has 2 aliphatic rings. The molecule has 0 spiro atoms. The summed E-state index contributed by atoms with van der Waals surface area (Å²) in [5.41, 5.74) is 7.84. The van der Waals surface area contributed by atoms with E-state index in [1.807, 2.05) is 19.1 Å². The van der Waals surface area contributed by atoms with Crippen molar-refractivity contribution in [1.29, 1.82) is 0 Å². The van der Waals surface area contributed by atoms with Crippen molar-refractivity contribution in [3.05, 3.63) is 64.0 Å². The fraction of sp³-hybridized carbons (Fsp3) is 0.500. The number of phenols is 1. The molecule has 1 fully saturated rings. The molecule has 0 saturated carbocycles. The maximum atomic E-state index is 13.5. The fourth-order valence-electron chi connectivity index (χ4n) is 4.91. The van der Waals surface area contributed by atoms with E-state index in [1.165, 1.54) is 6.07 Å². The van der Waals surface area contributed by atoms with E-state index in [2.05, 4.69) is 4.90 Å². The van der Waals surface area contributed by atoms with Crippen molar-refractivity contribution >= 4 is 0 Å². The molecule has 0 bridgehead atoms. The van der Waals surface area contributed by atoms with Gasteiger partial charge in [0.2, 0.25) is 0 Å². The van der Waals surface area contributed by atoms with Crippen molar-refractivity contribution in [2.75, 3.05) is 19.6 Å². The van der Waals surface area contributed by atoms with E-state index in [-0.39, 0.29) is 18.1 Å². The van der Waals surface area contributed by atoms with Gasteiger partial charge in [0.1, 0.15) is 11.6 Å². The first-order valence-electron chi connectivity index (χ1n) is 10.9. The van der Waals surface area contributed by atoms with Crippen molar-refractivity contribution < 1.29 is 27.4 Å². The van der Waals surface area contributed by atoms with Gasteiger partial charge < -0.3 is 15.6 Å². The molecule has 0 amide bonds. The lowest BCUT2D eigenvalue weighted by atomic mass is 9.83. The second-order valence-corrected chi connectivity index (χ2v) is 8.83. The monoisotopic (exact) mass is 452 g/mol. The molecule has 174 valence electrons. The van der Waals surface area contributed by atoms with Gasteiger partial charge in [0, 0.05) is 25.1 Å². The van der Waals surface area contributed by atoms with Gasteiger partial charge in [0.15, 0.2) is 0 Å². The molecule has 2 aromatic carbocycles. The summed E-state index contributed by atoms with van der Waals surface area (Å²) in [6.07, 6.45) is -2.74. The fourth-order valence-corrected chi connectivity index (χ4v) is 4.91. The molecule has 2 heterocycles. The number of likely N-dealkylation sites (tertiary alicyclic amines) is 1. The van der Waals surface area contributed by atoms with Gasteiger partial charge in [-0.05, 0) is 67.6 Å². The molecule has 3 N–H and O–H groups in total. The third-order valence-corrected chi connectivity index (χ3v) is 6.73. The number of ether oxygens (including phenoxy) is 1. The number of fused-ring (bicyclic) bond motifs is 1. The first-order valence-corrected chi connectivity index (χ1v) is 10.9. The zero-order valence-electron chi connectivity index (χ0n) is 18.0. The molecule has 0 radical (unpaired) electrons. The lowest BCUT2D eigenvalue weighted by molar-refractivity contribution is -0.140. The Morgan fingerprint density at radius 1 is 1.16 bits per heavy atom. The Kier molecular flexibility index (Phi) is 6.47. The number of halogens is 4. The molecule has 0 unspecified atom stereocenters. The highest BCUT2D eigenvalue weighted by atomic mass is 19.4. The molecule has 2 aliphatic heterocycles. The van der Waals surface area contributed by atoms with Crippen LogP contribution in [0.25, 0.3) is 0 Å². The van der Waals surface area contributed by atoms with Crippen LogP contribution in [0.5, 0.6) is 5.75 Å². The minimum atomic E-state index is -4.70. The topological polar surface area (TPSA) is 58.7 Å². The smallest absolute Gasteiger partial charge is 0.419 e. The largest absolute Gasteiger partial charge is 0.507 e. The van der Waals surface area contributed by atoms with Crippen molar-refractivity contribution in [3.8, 4) is 5.75 Å². The summed E-state index contributed by atoms with van der Waals surface area (Å²) >= 11 is 0. The molecular formula is C24H28F4N2O2. The van der Waals surface area contributed by atoms with Crippen LogP contribution in [0.2, 0.25) is 0 Å². The molecule has 4 rings (SSSR count). The summed E-state index contributed by atoms with van der Waals surface area (Å²) in [5.74, 6) is -0.668. The summed E-state index contributed by atoms with van der Waals surface area (Å²) in [7, 11) is 0. The summed E-state index contributed by atoms with van der Waals surface area (Å²) < 4.78 is 58.8. The van der Waals surface area contributed by atoms with Gasteiger partial charge >= 0.3 is 6.18 Å². The average molecular weight is 452 g/mol. The second kappa shape index (κ2) is 9.00. The molecule has 8 heteroatoms. The van der Waals surface area contributed by atoms with Gasteiger partial charge in [-0.3, -0.25) is 4.90 Å². The number of aryl methyl sites for hydroxylation is 1. The second-order valence-electron chi connectivity index (χ2n) is 8.83. The molecular weight excluding hydrogens is 424 g/mol. The number of alkyl halides is 3. The Morgan fingerprint density at radius 3 is 2.53 bits per heavy atom. The normalized spacial score (nSPS) is 22.7. The van der Waals surface area contributed by atoms with Gasteiger partial charge in [0.25, 0.3) is 0 Å². The Bertz CT molecular complexity index is 971. The van der Waals surface area contributed by atoms with Gasteiger partial charge in [0.05, 0.1) is 17.8 Å². The average Bonchev–Trinajstić information content (AvgIpc) is 2.77. The molecule has 0 aromatic heterocycles. The first-order chi connectivity index (χ1) is 15.2. The number of nitrogens with two attached hydrogens (primary N) is 1. The van der Waals surface area contributed by atoms with E-state index >= 15 is 0 Å². The number of piperidine rings is 1. The van der Waals surface area contributed by atoms with Crippen LogP contribution in [0, 0.1) is 18.7 Å². The zero-order valence-corrected chi connectivity index (χ0v) is 18.0. The maximum absolute atomic E-state index is 13.5. The summed E-state index contributed by atoms with van der Waals surface area (Å²) in [6.45, 7) is 3.97. The Labute approximate surface area is 185 Å². The molecule has 1 saturated heterocycles. The Balaban J connectivity index is 1.41. The summed E-state index contributed by atoms with van der Waals surface area (Å²) in [5, 5.41) is 10.6. The highest BCUT2D eigenvalue weighted by molar-refractivity contribution is 5.47. The first kappa shape index (κ1) is 23.0. The predicted octanol–water partition coefficient (Wildman–Crippen LogP) is 4.71. The van der Waals surface area contributed by atoms with Crippen LogP contribution < -0.4 is 5.73 Å². The number of benzene rings is 2. The van der Waals surface area contributed by atoms with Crippen LogP contribution >= 0.6 is 0 Å². The molecule has 2 atom stereocenters. The van der Waals surface area contributed by atoms with E-state index in [9.17, 15) is 22.7 Å². The maximum Gasteiger partial charge on any atom is 0.419 e. The molecule has 32 heavy (non-hydrogen) atoms. The van der Waals surface area contributed by atoms with Crippen molar-refractivity contribution in [2.24, 2.45) is 11.7 Å². The number of phenolic OH excluding ortho intramolecular Hbond substituents is 1. The standard InChI is InChI=1S/C24H28F4N2O2/c1-14-2-4-17-18(23(14)31)11-21(32-22(17)12-29)16-6-8-30(9-7-16)13-15-3-5-20(25)19(10-15)24(26,27)28/h2-5,10,16,21-22,31H,6-9,11-13,29H2,1H3/t21-,22-/m0/s1. The third-order valence-electron chi connectivity index (χ3n) is 6.73. The number of rotatable bonds is 4. The van der Waals surface area contributed by atoms with E-state index in [4.69, 9.17) is 10.5 Å².